The Morgan fingerprint density at radius 3 is 2.95 bits per heavy atom. The zero-order valence-corrected chi connectivity index (χ0v) is 13.3. The highest BCUT2D eigenvalue weighted by Crippen LogP contribution is 2.49. The van der Waals surface area contributed by atoms with E-state index in [0.29, 0.717) is 6.42 Å². The van der Waals surface area contributed by atoms with Gasteiger partial charge in [0.25, 0.3) is 0 Å². The lowest BCUT2D eigenvalue weighted by atomic mass is 9.63. The van der Waals surface area contributed by atoms with E-state index in [-0.39, 0.29) is 17.4 Å². The molecule has 22 heavy (non-hydrogen) atoms. The molecule has 1 aromatic heterocycles. The molecule has 1 amide bonds. The molecular formula is C18H22N2O2. The maximum atomic E-state index is 12.2. The zero-order valence-electron chi connectivity index (χ0n) is 13.3. The Labute approximate surface area is 130 Å². The maximum absolute atomic E-state index is 12.2. The Morgan fingerprint density at radius 1 is 1.50 bits per heavy atom. The predicted molar refractivity (Wildman–Crippen MR) is 86.5 cm³/mol. The van der Waals surface area contributed by atoms with Gasteiger partial charge in [-0.25, -0.2) is 0 Å². The first-order valence-electron chi connectivity index (χ1n) is 7.88. The average molecular weight is 298 g/mol. The summed E-state index contributed by atoms with van der Waals surface area (Å²) < 4.78 is 0. The second-order valence-corrected chi connectivity index (χ2v) is 6.27. The summed E-state index contributed by atoms with van der Waals surface area (Å²) in [5, 5.41) is 3.25. The quantitative estimate of drug-likeness (QED) is 0.824. The fourth-order valence-corrected chi connectivity index (χ4v) is 4.02. The normalized spacial score (nSPS) is 28.0. The number of amides is 1. The van der Waals surface area contributed by atoms with E-state index in [0.717, 1.165) is 24.1 Å². The van der Waals surface area contributed by atoms with Crippen LogP contribution in [0.3, 0.4) is 0 Å². The molecule has 2 N–H and O–H groups in total. The van der Waals surface area contributed by atoms with Gasteiger partial charge < -0.3 is 10.3 Å². The van der Waals surface area contributed by atoms with E-state index in [2.05, 4.69) is 29.4 Å². The van der Waals surface area contributed by atoms with Crippen molar-refractivity contribution in [2.75, 3.05) is 0 Å². The Morgan fingerprint density at radius 2 is 2.27 bits per heavy atom. The molecule has 2 atom stereocenters. The van der Waals surface area contributed by atoms with Gasteiger partial charge in [-0.15, -0.1) is 0 Å². The summed E-state index contributed by atoms with van der Waals surface area (Å²) in [6, 6.07) is 3.43. The van der Waals surface area contributed by atoms with Gasteiger partial charge in [-0.05, 0) is 38.3 Å². The number of fused-ring (bicyclic) bond motifs is 4. The summed E-state index contributed by atoms with van der Waals surface area (Å²) in [6.45, 7) is 6.00. The molecule has 2 aliphatic rings. The van der Waals surface area contributed by atoms with E-state index in [1.54, 1.807) is 6.07 Å². The third kappa shape index (κ3) is 2.14. The van der Waals surface area contributed by atoms with E-state index in [1.807, 2.05) is 19.9 Å². The van der Waals surface area contributed by atoms with Crippen LogP contribution in [0, 0.1) is 5.92 Å². The standard InChI is InChI=1S/C18H22N2O2/c1-4-13-12-8-11(3)10-18(13,20-16(21)5-2)14-6-7-17(22)19-15(14)9-12/h4,6-8,12H,5,9-10H2,1-3H3,(H,19,22)(H,20,21)/b13-4+/t12-,18+/m0/s1. The van der Waals surface area contributed by atoms with Crippen LogP contribution in [0.5, 0.6) is 0 Å². The molecule has 2 bridgehead atoms. The minimum atomic E-state index is -0.511. The second-order valence-electron chi connectivity index (χ2n) is 6.27. The van der Waals surface area contributed by atoms with Crippen molar-refractivity contribution in [3.63, 3.8) is 0 Å². The fourth-order valence-electron chi connectivity index (χ4n) is 4.02. The van der Waals surface area contributed by atoms with Crippen molar-refractivity contribution in [1.29, 1.82) is 0 Å². The van der Waals surface area contributed by atoms with Crippen LogP contribution in [-0.2, 0) is 16.8 Å². The summed E-state index contributed by atoms with van der Waals surface area (Å²) in [4.78, 5) is 26.8. The number of H-pyrrole nitrogens is 1. The van der Waals surface area contributed by atoms with E-state index < -0.39 is 5.54 Å². The third-order valence-corrected chi connectivity index (χ3v) is 4.79. The van der Waals surface area contributed by atoms with Crippen LogP contribution in [0.2, 0.25) is 0 Å². The number of nitrogens with one attached hydrogen (secondary N) is 2. The SMILES string of the molecule is C/C=C1\[C@H]2C=C(C)C[C@]1(NC(=O)CC)c1ccc(=O)[nH]c1C2. The van der Waals surface area contributed by atoms with Gasteiger partial charge in [-0.1, -0.05) is 24.6 Å². The molecule has 2 aliphatic carbocycles. The Balaban J connectivity index is 2.25. The number of carbonyl (C=O) groups excluding carboxylic acids is 1. The predicted octanol–water partition coefficient (Wildman–Crippen LogP) is 2.57. The van der Waals surface area contributed by atoms with Crippen LogP contribution < -0.4 is 10.9 Å². The highest BCUT2D eigenvalue weighted by molar-refractivity contribution is 5.78. The van der Waals surface area contributed by atoms with Gasteiger partial charge in [0.05, 0.1) is 5.54 Å². The smallest absolute Gasteiger partial charge is 0.248 e. The van der Waals surface area contributed by atoms with Crippen molar-refractivity contribution in [2.24, 2.45) is 5.92 Å². The first-order chi connectivity index (χ1) is 10.5. The van der Waals surface area contributed by atoms with Crippen molar-refractivity contribution >= 4 is 5.91 Å². The van der Waals surface area contributed by atoms with E-state index in [9.17, 15) is 9.59 Å². The second kappa shape index (κ2) is 5.27. The topological polar surface area (TPSA) is 62.0 Å². The molecule has 0 saturated carbocycles. The number of carbonyl (C=O) groups is 1. The highest BCUT2D eigenvalue weighted by atomic mass is 16.1. The van der Waals surface area contributed by atoms with Crippen molar-refractivity contribution in [1.82, 2.24) is 10.3 Å². The van der Waals surface area contributed by atoms with Gasteiger partial charge >= 0.3 is 0 Å². The average Bonchev–Trinajstić information content (AvgIpc) is 2.45. The van der Waals surface area contributed by atoms with E-state index in [1.165, 1.54) is 11.1 Å². The molecule has 116 valence electrons. The summed E-state index contributed by atoms with van der Waals surface area (Å²) >= 11 is 0. The molecule has 0 aliphatic heterocycles. The lowest BCUT2D eigenvalue weighted by molar-refractivity contribution is -0.122. The molecule has 0 saturated heterocycles. The maximum Gasteiger partial charge on any atom is 0.248 e. The van der Waals surface area contributed by atoms with Gasteiger partial charge in [0, 0.05) is 29.7 Å². The van der Waals surface area contributed by atoms with Crippen LogP contribution >= 0.6 is 0 Å². The molecule has 4 nitrogen and oxygen atoms in total. The summed E-state index contributed by atoms with van der Waals surface area (Å²) in [6.07, 6.45) is 6.38. The molecule has 1 heterocycles. The van der Waals surface area contributed by atoms with Gasteiger partial charge in [-0.2, -0.15) is 0 Å². The summed E-state index contributed by atoms with van der Waals surface area (Å²) in [5.74, 6) is 0.272. The van der Waals surface area contributed by atoms with E-state index >= 15 is 0 Å². The zero-order chi connectivity index (χ0) is 15.9. The monoisotopic (exact) mass is 298 g/mol. The number of aromatic nitrogens is 1. The molecule has 0 spiro atoms. The highest BCUT2D eigenvalue weighted by Gasteiger charge is 2.47. The van der Waals surface area contributed by atoms with Crippen LogP contribution in [-0.4, -0.2) is 10.9 Å². The van der Waals surface area contributed by atoms with Gasteiger partial charge in [0.1, 0.15) is 0 Å². The number of hydrogen-bond donors (Lipinski definition) is 2. The number of pyridine rings is 1. The van der Waals surface area contributed by atoms with Crippen LogP contribution in [0.1, 0.15) is 44.9 Å². The molecule has 1 aromatic rings. The van der Waals surface area contributed by atoms with Crippen LogP contribution in [0.25, 0.3) is 0 Å². The molecule has 0 aromatic carbocycles. The first-order valence-corrected chi connectivity index (χ1v) is 7.88. The molecule has 0 radical (unpaired) electrons. The molecule has 0 fully saturated rings. The largest absolute Gasteiger partial charge is 0.342 e. The van der Waals surface area contributed by atoms with Gasteiger partial charge in [0.2, 0.25) is 11.5 Å². The number of aromatic amines is 1. The number of hydrogen-bond acceptors (Lipinski definition) is 2. The fraction of sp³-hybridized carbons (Fsp3) is 0.444. The summed E-state index contributed by atoms with van der Waals surface area (Å²) in [7, 11) is 0. The third-order valence-electron chi connectivity index (χ3n) is 4.79. The van der Waals surface area contributed by atoms with Crippen LogP contribution in [0.15, 0.2) is 40.2 Å². The lowest BCUT2D eigenvalue weighted by Gasteiger charge is -2.48. The van der Waals surface area contributed by atoms with Crippen molar-refractivity contribution < 1.29 is 4.79 Å². The molecule has 4 heteroatoms. The van der Waals surface area contributed by atoms with Crippen molar-refractivity contribution in [3.05, 3.63) is 57.0 Å². The van der Waals surface area contributed by atoms with Crippen LogP contribution in [0.4, 0.5) is 0 Å². The van der Waals surface area contributed by atoms with E-state index in [4.69, 9.17) is 0 Å². The minimum absolute atomic E-state index is 0.0341. The Kier molecular flexibility index (Phi) is 3.55. The molecule has 3 rings (SSSR count). The minimum Gasteiger partial charge on any atom is -0.342 e. The Bertz CT molecular complexity index is 742. The molecular weight excluding hydrogens is 276 g/mol. The first kappa shape index (κ1) is 14.8. The Hall–Kier alpha value is -2.10. The van der Waals surface area contributed by atoms with Gasteiger partial charge in [0.15, 0.2) is 0 Å². The van der Waals surface area contributed by atoms with Gasteiger partial charge in [-0.3, -0.25) is 9.59 Å². The number of rotatable bonds is 2. The molecule has 0 unspecified atom stereocenters. The number of allylic oxidation sites excluding steroid dienone is 2. The summed E-state index contributed by atoms with van der Waals surface area (Å²) in [5.41, 5.74) is 3.90. The van der Waals surface area contributed by atoms with Crippen molar-refractivity contribution in [3.8, 4) is 0 Å². The van der Waals surface area contributed by atoms with Crippen molar-refractivity contribution in [2.45, 2.75) is 45.6 Å². The lowest BCUT2D eigenvalue weighted by Crippen LogP contribution is -2.53.